The summed E-state index contributed by atoms with van der Waals surface area (Å²) in [4.78, 5) is 28.3. The Hall–Kier alpha value is -3.16. The number of nitrogens with zero attached hydrogens (tertiary/aromatic N) is 4. The zero-order chi connectivity index (χ0) is 16.9. The molecule has 0 fully saturated rings. The third kappa shape index (κ3) is 3.43. The predicted molar refractivity (Wildman–Crippen MR) is 87.7 cm³/mol. The molecule has 8 heteroatoms. The number of aryl methyl sites for hydroxylation is 1. The fourth-order valence-corrected chi connectivity index (χ4v) is 2.27. The molecule has 0 aliphatic carbocycles. The first kappa shape index (κ1) is 15.7. The Kier molecular flexibility index (Phi) is 4.55. The largest absolute Gasteiger partial charge is 0.492 e. The zero-order valence-electron chi connectivity index (χ0n) is 13.2. The highest BCUT2D eigenvalue weighted by Gasteiger charge is 2.10. The van der Waals surface area contributed by atoms with Crippen molar-refractivity contribution in [2.75, 3.05) is 13.2 Å². The van der Waals surface area contributed by atoms with Gasteiger partial charge in [0.1, 0.15) is 30.6 Å². The Labute approximate surface area is 137 Å². The van der Waals surface area contributed by atoms with E-state index in [4.69, 9.17) is 4.74 Å². The first-order valence-electron chi connectivity index (χ1n) is 7.47. The quantitative estimate of drug-likeness (QED) is 0.659. The number of fused-ring (bicyclic) bond motifs is 1. The highest BCUT2D eigenvalue weighted by Crippen LogP contribution is 2.07. The Balaban J connectivity index is 1.53. The number of hydrogen-bond acceptors (Lipinski definition) is 5. The van der Waals surface area contributed by atoms with Gasteiger partial charge in [0, 0.05) is 7.05 Å². The molecule has 0 bridgehead atoms. The van der Waals surface area contributed by atoms with Crippen molar-refractivity contribution in [1.29, 1.82) is 0 Å². The van der Waals surface area contributed by atoms with E-state index in [2.05, 4.69) is 15.4 Å². The molecular weight excluding hydrogens is 310 g/mol. The van der Waals surface area contributed by atoms with Gasteiger partial charge in [-0.05, 0) is 12.1 Å². The van der Waals surface area contributed by atoms with Crippen LogP contribution in [0.5, 0.6) is 5.75 Å². The van der Waals surface area contributed by atoms with E-state index in [-0.39, 0.29) is 18.0 Å². The summed E-state index contributed by atoms with van der Waals surface area (Å²) in [6, 6.07) is 9.34. The number of amides is 1. The molecule has 3 aromatic rings. The van der Waals surface area contributed by atoms with Crippen LogP contribution in [0.25, 0.3) is 11.0 Å². The van der Waals surface area contributed by atoms with Crippen molar-refractivity contribution in [3.8, 4) is 5.75 Å². The van der Waals surface area contributed by atoms with Crippen LogP contribution in [0.15, 0.2) is 47.7 Å². The minimum atomic E-state index is -0.288. The molecule has 3 rings (SSSR count). The summed E-state index contributed by atoms with van der Waals surface area (Å²) in [5, 5.41) is 7.09. The van der Waals surface area contributed by atoms with Crippen molar-refractivity contribution in [3.05, 3.63) is 53.2 Å². The molecule has 0 spiro atoms. The van der Waals surface area contributed by atoms with Crippen LogP contribution >= 0.6 is 0 Å². The second-order valence-electron chi connectivity index (χ2n) is 5.19. The molecule has 2 heterocycles. The normalized spacial score (nSPS) is 10.7. The van der Waals surface area contributed by atoms with Crippen LogP contribution in [0.2, 0.25) is 0 Å². The van der Waals surface area contributed by atoms with Crippen LogP contribution in [-0.4, -0.2) is 38.4 Å². The standard InChI is InChI=1S/C16H17N5O3/c1-20-15-13(9-19-20)16(23)21(11-18-15)10-14(22)17-7-8-24-12-5-3-2-4-6-12/h2-6,9,11H,7-8,10H2,1H3,(H,17,22). The molecule has 0 unspecified atom stereocenters. The molecular formula is C16H17N5O3. The molecule has 0 saturated carbocycles. The van der Waals surface area contributed by atoms with Crippen molar-refractivity contribution in [3.63, 3.8) is 0 Å². The topological polar surface area (TPSA) is 91.0 Å². The molecule has 0 aliphatic heterocycles. The van der Waals surface area contributed by atoms with Gasteiger partial charge in [-0.25, -0.2) is 4.98 Å². The van der Waals surface area contributed by atoms with Crippen LogP contribution < -0.4 is 15.6 Å². The van der Waals surface area contributed by atoms with Gasteiger partial charge in [-0.15, -0.1) is 0 Å². The fraction of sp³-hybridized carbons (Fsp3) is 0.250. The Bertz CT molecular complexity index is 901. The van der Waals surface area contributed by atoms with E-state index in [0.717, 1.165) is 5.75 Å². The predicted octanol–water partition coefficient (Wildman–Crippen LogP) is 0.325. The molecule has 124 valence electrons. The van der Waals surface area contributed by atoms with Crippen LogP contribution in [0.1, 0.15) is 0 Å². The average Bonchev–Trinajstić information content (AvgIpc) is 2.97. The summed E-state index contributed by atoms with van der Waals surface area (Å²) in [7, 11) is 1.71. The van der Waals surface area contributed by atoms with E-state index in [1.165, 1.54) is 21.8 Å². The number of aromatic nitrogens is 4. The summed E-state index contributed by atoms with van der Waals surface area (Å²) < 4.78 is 8.26. The second kappa shape index (κ2) is 6.95. The van der Waals surface area contributed by atoms with E-state index < -0.39 is 0 Å². The zero-order valence-corrected chi connectivity index (χ0v) is 13.2. The molecule has 8 nitrogen and oxygen atoms in total. The van der Waals surface area contributed by atoms with Crippen LogP contribution in [0, 0.1) is 0 Å². The molecule has 1 aromatic carbocycles. The van der Waals surface area contributed by atoms with E-state index in [0.29, 0.717) is 24.2 Å². The number of nitrogens with one attached hydrogen (secondary N) is 1. The van der Waals surface area contributed by atoms with Gasteiger partial charge in [0.15, 0.2) is 5.65 Å². The smallest absolute Gasteiger partial charge is 0.264 e. The van der Waals surface area contributed by atoms with Gasteiger partial charge in [-0.2, -0.15) is 5.10 Å². The van der Waals surface area contributed by atoms with Gasteiger partial charge in [0.05, 0.1) is 12.7 Å². The molecule has 0 atom stereocenters. The Morgan fingerprint density at radius 3 is 2.88 bits per heavy atom. The molecule has 0 saturated heterocycles. The third-order valence-electron chi connectivity index (χ3n) is 3.47. The van der Waals surface area contributed by atoms with Crippen molar-refractivity contribution in [1.82, 2.24) is 24.6 Å². The molecule has 24 heavy (non-hydrogen) atoms. The van der Waals surface area contributed by atoms with E-state index >= 15 is 0 Å². The first-order chi connectivity index (χ1) is 11.6. The molecule has 1 N–H and O–H groups in total. The van der Waals surface area contributed by atoms with Crippen LogP contribution in [0.4, 0.5) is 0 Å². The van der Waals surface area contributed by atoms with Gasteiger partial charge in [-0.3, -0.25) is 18.8 Å². The fourth-order valence-electron chi connectivity index (χ4n) is 2.27. The Morgan fingerprint density at radius 2 is 2.08 bits per heavy atom. The molecule has 2 aromatic heterocycles. The van der Waals surface area contributed by atoms with E-state index in [1.807, 2.05) is 30.3 Å². The van der Waals surface area contributed by atoms with Gasteiger partial charge >= 0.3 is 0 Å². The highest BCUT2D eigenvalue weighted by atomic mass is 16.5. The summed E-state index contributed by atoms with van der Waals surface area (Å²) in [6.07, 6.45) is 2.80. The molecule has 0 aliphatic rings. The SMILES string of the molecule is Cn1ncc2c(=O)n(CC(=O)NCCOc3ccccc3)cnc21. The first-order valence-corrected chi connectivity index (χ1v) is 7.47. The maximum absolute atomic E-state index is 12.3. The minimum absolute atomic E-state index is 0.0952. The van der Waals surface area contributed by atoms with Gasteiger partial charge < -0.3 is 10.1 Å². The van der Waals surface area contributed by atoms with Gasteiger partial charge in [0.2, 0.25) is 5.91 Å². The number of benzene rings is 1. The lowest BCUT2D eigenvalue weighted by Crippen LogP contribution is -2.34. The van der Waals surface area contributed by atoms with Crippen molar-refractivity contribution >= 4 is 16.9 Å². The lowest BCUT2D eigenvalue weighted by Gasteiger charge is -2.08. The van der Waals surface area contributed by atoms with E-state index in [9.17, 15) is 9.59 Å². The minimum Gasteiger partial charge on any atom is -0.492 e. The second-order valence-corrected chi connectivity index (χ2v) is 5.19. The number of carbonyl (C=O) groups is 1. The lowest BCUT2D eigenvalue weighted by molar-refractivity contribution is -0.121. The van der Waals surface area contributed by atoms with E-state index in [1.54, 1.807) is 7.05 Å². The monoisotopic (exact) mass is 327 g/mol. The summed E-state index contributed by atoms with van der Waals surface area (Å²) >= 11 is 0. The van der Waals surface area contributed by atoms with Crippen molar-refractivity contribution in [2.24, 2.45) is 7.05 Å². The van der Waals surface area contributed by atoms with Crippen LogP contribution in [0.3, 0.4) is 0 Å². The number of carbonyl (C=O) groups excluding carboxylic acids is 1. The van der Waals surface area contributed by atoms with Gasteiger partial charge in [-0.1, -0.05) is 18.2 Å². The number of ether oxygens (including phenoxy) is 1. The lowest BCUT2D eigenvalue weighted by atomic mass is 10.3. The Morgan fingerprint density at radius 1 is 1.29 bits per heavy atom. The number of rotatable bonds is 6. The number of hydrogen-bond donors (Lipinski definition) is 1. The van der Waals surface area contributed by atoms with Gasteiger partial charge in [0.25, 0.3) is 5.56 Å². The molecule has 0 radical (unpaired) electrons. The summed E-state index contributed by atoms with van der Waals surface area (Å²) in [5.41, 5.74) is 0.205. The average molecular weight is 327 g/mol. The summed E-state index contributed by atoms with van der Waals surface area (Å²) in [5.74, 6) is 0.466. The third-order valence-corrected chi connectivity index (χ3v) is 3.47. The maximum Gasteiger partial charge on any atom is 0.264 e. The summed E-state index contributed by atoms with van der Waals surface area (Å²) in [6.45, 7) is 0.609. The van der Waals surface area contributed by atoms with Crippen molar-refractivity contribution < 1.29 is 9.53 Å². The highest BCUT2D eigenvalue weighted by molar-refractivity contribution is 5.77. The molecule has 1 amide bonds. The maximum atomic E-state index is 12.3. The van der Waals surface area contributed by atoms with Crippen molar-refractivity contribution in [2.45, 2.75) is 6.54 Å². The van der Waals surface area contributed by atoms with Crippen LogP contribution in [-0.2, 0) is 18.4 Å². The number of para-hydroxylation sites is 1.